The Morgan fingerprint density at radius 1 is 1.35 bits per heavy atom. The summed E-state index contributed by atoms with van der Waals surface area (Å²) >= 11 is 0. The largest absolute Gasteiger partial charge is 0.497 e. The number of halogens is 1. The van der Waals surface area contributed by atoms with Crippen LogP contribution in [0.15, 0.2) is 29.3 Å². The fraction of sp³-hybridized carbons (Fsp3) is 0.533. The zero-order valence-corrected chi connectivity index (χ0v) is 14.5. The minimum Gasteiger partial charge on any atom is -0.497 e. The van der Waals surface area contributed by atoms with Crippen molar-refractivity contribution in [2.75, 3.05) is 26.7 Å². The van der Waals surface area contributed by atoms with Crippen LogP contribution in [0.4, 0.5) is 0 Å². The summed E-state index contributed by atoms with van der Waals surface area (Å²) in [6.45, 7) is 5.15. The summed E-state index contributed by atoms with van der Waals surface area (Å²) < 4.78 is 5.16. The Hall–Kier alpha value is -0.980. The molecule has 1 aromatic rings. The van der Waals surface area contributed by atoms with E-state index in [9.17, 15) is 0 Å². The fourth-order valence-electron chi connectivity index (χ4n) is 2.16. The molecule has 1 unspecified atom stereocenters. The van der Waals surface area contributed by atoms with E-state index in [1.54, 1.807) is 7.11 Å². The Labute approximate surface area is 138 Å². The lowest BCUT2D eigenvalue weighted by molar-refractivity contribution is 0.414. The fourth-order valence-corrected chi connectivity index (χ4v) is 2.16. The van der Waals surface area contributed by atoms with Gasteiger partial charge in [-0.25, -0.2) is 0 Å². The molecule has 112 valence electrons. The van der Waals surface area contributed by atoms with Gasteiger partial charge >= 0.3 is 0 Å². The van der Waals surface area contributed by atoms with Gasteiger partial charge in [-0.2, -0.15) is 0 Å². The van der Waals surface area contributed by atoms with E-state index in [-0.39, 0.29) is 24.0 Å². The number of ether oxygens (including phenoxy) is 1. The third-order valence-electron chi connectivity index (χ3n) is 3.26. The first-order valence-electron chi connectivity index (χ1n) is 6.93. The third-order valence-corrected chi connectivity index (χ3v) is 3.26. The molecule has 0 bridgehead atoms. The number of hydrogen-bond donors (Lipinski definition) is 2. The van der Waals surface area contributed by atoms with Crippen LogP contribution in [0.25, 0.3) is 0 Å². The molecular weight excluding hydrogens is 365 g/mol. The highest BCUT2D eigenvalue weighted by atomic mass is 127. The zero-order chi connectivity index (χ0) is 13.5. The molecule has 20 heavy (non-hydrogen) atoms. The van der Waals surface area contributed by atoms with Gasteiger partial charge < -0.3 is 15.4 Å². The Bertz CT molecular complexity index is 420. The summed E-state index contributed by atoms with van der Waals surface area (Å²) in [6, 6.07) is 8.29. The van der Waals surface area contributed by atoms with Gasteiger partial charge in [0.05, 0.1) is 7.11 Å². The van der Waals surface area contributed by atoms with Crippen molar-refractivity contribution < 1.29 is 4.74 Å². The van der Waals surface area contributed by atoms with Gasteiger partial charge in [0, 0.05) is 19.6 Å². The number of nitrogens with zero attached hydrogens (tertiary/aromatic N) is 1. The first kappa shape index (κ1) is 17.1. The smallest absolute Gasteiger partial charge is 0.191 e. The average Bonchev–Trinajstić information content (AvgIpc) is 2.47. The van der Waals surface area contributed by atoms with E-state index in [1.807, 2.05) is 12.1 Å². The first-order chi connectivity index (χ1) is 9.28. The molecule has 0 amide bonds. The molecular formula is C15H24IN3O. The maximum absolute atomic E-state index is 5.16. The van der Waals surface area contributed by atoms with Crippen molar-refractivity contribution in [3.8, 4) is 5.75 Å². The van der Waals surface area contributed by atoms with Gasteiger partial charge in [0.2, 0.25) is 0 Å². The van der Waals surface area contributed by atoms with Crippen molar-refractivity contribution in [1.29, 1.82) is 0 Å². The van der Waals surface area contributed by atoms with E-state index in [0.29, 0.717) is 5.92 Å². The SMILES string of the molecule is COc1ccc(CC(C)CNC2=NCCCN2)cc1.I. The van der Waals surface area contributed by atoms with Crippen molar-refractivity contribution in [2.45, 2.75) is 19.8 Å². The summed E-state index contributed by atoms with van der Waals surface area (Å²) in [5.41, 5.74) is 1.34. The number of hydrogen-bond acceptors (Lipinski definition) is 4. The highest BCUT2D eigenvalue weighted by Crippen LogP contribution is 2.14. The number of benzene rings is 1. The van der Waals surface area contributed by atoms with Crippen LogP contribution in [-0.4, -0.2) is 32.7 Å². The number of aliphatic imine (C=N–C) groups is 1. The summed E-state index contributed by atoms with van der Waals surface area (Å²) in [6.07, 6.45) is 2.19. The Morgan fingerprint density at radius 2 is 2.10 bits per heavy atom. The Morgan fingerprint density at radius 3 is 2.70 bits per heavy atom. The van der Waals surface area contributed by atoms with Gasteiger partial charge in [-0.1, -0.05) is 19.1 Å². The molecule has 2 rings (SSSR count). The molecule has 1 atom stereocenters. The highest BCUT2D eigenvalue weighted by Gasteiger charge is 2.07. The number of rotatable bonds is 5. The van der Waals surface area contributed by atoms with Crippen LogP contribution >= 0.6 is 24.0 Å². The zero-order valence-electron chi connectivity index (χ0n) is 12.2. The molecule has 1 aromatic carbocycles. The Balaban J connectivity index is 0.00000200. The second-order valence-corrected chi connectivity index (χ2v) is 5.05. The molecule has 1 heterocycles. The van der Waals surface area contributed by atoms with E-state index in [1.165, 1.54) is 5.56 Å². The van der Waals surface area contributed by atoms with E-state index in [4.69, 9.17) is 4.74 Å². The topological polar surface area (TPSA) is 45.6 Å². The van der Waals surface area contributed by atoms with E-state index in [0.717, 1.165) is 44.2 Å². The highest BCUT2D eigenvalue weighted by molar-refractivity contribution is 14.0. The van der Waals surface area contributed by atoms with Crippen LogP contribution in [0.2, 0.25) is 0 Å². The van der Waals surface area contributed by atoms with Gasteiger partial charge in [0.25, 0.3) is 0 Å². The number of methoxy groups -OCH3 is 1. The number of nitrogens with one attached hydrogen (secondary N) is 2. The second kappa shape index (κ2) is 9.05. The molecule has 0 spiro atoms. The maximum atomic E-state index is 5.16. The van der Waals surface area contributed by atoms with Crippen LogP contribution in [0.5, 0.6) is 5.75 Å². The summed E-state index contributed by atoms with van der Waals surface area (Å²) in [5.74, 6) is 2.43. The molecule has 0 saturated carbocycles. The van der Waals surface area contributed by atoms with Crippen LogP contribution in [0.1, 0.15) is 18.9 Å². The first-order valence-corrected chi connectivity index (χ1v) is 6.93. The van der Waals surface area contributed by atoms with Gasteiger partial charge in [-0.05, 0) is 36.5 Å². The van der Waals surface area contributed by atoms with Crippen molar-refractivity contribution in [2.24, 2.45) is 10.9 Å². The van der Waals surface area contributed by atoms with Crippen molar-refractivity contribution in [3.05, 3.63) is 29.8 Å². The quantitative estimate of drug-likeness (QED) is 0.761. The van der Waals surface area contributed by atoms with Crippen LogP contribution < -0.4 is 15.4 Å². The van der Waals surface area contributed by atoms with Gasteiger partial charge in [-0.15, -0.1) is 24.0 Å². The van der Waals surface area contributed by atoms with E-state index < -0.39 is 0 Å². The Kier molecular flexibility index (Phi) is 7.72. The molecule has 0 fully saturated rings. The van der Waals surface area contributed by atoms with Gasteiger partial charge in [-0.3, -0.25) is 4.99 Å². The number of guanidine groups is 1. The lowest BCUT2D eigenvalue weighted by Gasteiger charge is -2.19. The third kappa shape index (κ3) is 5.56. The second-order valence-electron chi connectivity index (χ2n) is 5.05. The lowest BCUT2D eigenvalue weighted by atomic mass is 10.0. The molecule has 1 aliphatic heterocycles. The molecule has 0 aromatic heterocycles. The monoisotopic (exact) mass is 389 g/mol. The normalized spacial score (nSPS) is 15.4. The van der Waals surface area contributed by atoms with E-state index in [2.05, 4.69) is 34.7 Å². The minimum absolute atomic E-state index is 0. The summed E-state index contributed by atoms with van der Waals surface area (Å²) in [4.78, 5) is 4.41. The van der Waals surface area contributed by atoms with Crippen LogP contribution in [-0.2, 0) is 6.42 Å². The molecule has 0 radical (unpaired) electrons. The van der Waals surface area contributed by atoms with Crippen molar-refractivity contribution in [3.63, 3.8) is 0 Å². The maximum Gasteiger partial charge on any atom is 0.191 e. The molecule has 0 aliphatic carbocycles. The van der Waals surface area contributed by atoms with Gasteiger partial charge in [0.1, 0.15) is 5.75 Å². The molecule has 1 aliphatic rings. The predicted octanol–water partition coefficient (Wildman–Crippen LogP) is 2.43. The summed E-state index contributed by atoms with van der Waals surface area (Å²) in [7, 11) is 1.69. The molecule has 5 heteroatoms. The molecule has 4 nitrogen and oxygen atoms in total. The van der Waals surface area contributed by atoms with Gasteiger partial charge in [0.15, 0.2) is 5.96 Å². The molecule has 2 N–H and O–H groups in total. The predicted molar refractivity (Wildman–Crippen MR) is 94.2 cm³/mol. The van der Waals surface area contributed by atoms with Crippen molar-refractivity contribution >= 4 is 29.9 Å². The molecule has 0 saturated heterocycles. The van der Waals surface area contributed by atoms with Crippen LogP contribution in [0.3, 0.4) is 0 Å². The lowest BCUT2D eigenvalue weighted by Crippen LogP contribution is -2.42. The summed E-state index contributed by atoms with van der Waals surface area (Å²) in [5, 5.41) is 6.65. The van der Waals surface area contributed by atoms with E-state index >= 15 is 0 Å². The van der Waals surface area contributed by atoms with Crippen LogP contribution in [0, 0.1) is 5.92 Å². The standard InChI is InChI=1S/C15H23N3O.HI/c1-12(11-18-15-16-8-3-9-17-15)10-13-4-6-14(19-2)7-5-13;/h4-7,12H,3,8-11H2,1-2H3,(H2,16,17,18);1H. The minimum atomic E-state index is 0. The average molecular weight is 389 g/mol. The van der Waals surface area contributed by atoms with Crippen molar-refractivity contribution in [1.82, 2.24) is 10.6 Å².